The fraction of sp³-hybridized carbons (Fsp3) is 0.188. The first-order valence-corrected chi connectivity index (χ1v) is 6.55. The van der Waals surface area contributed by atoms with E-state index in [0.29, 0.717) is 17.9 Å². The predicted molar refractivity (Wildman–Crippen MR) is 78.4 cm³/mol. The number of aromatic hydroxyl groups is 1. The van der Waals surface area contributed by atoms with Gasteiger partial charge in [-0.15, -0.1) is 0 Å². The number of carbonyl (C=O) groups excluding carboxylic acids is 1. The molecule has 2 N–H and O–H groups in total. The molecular weight excluding hydrogens is 273 g/mol. The summed E-state index contributed by atoms with van der Waals surface area (Å²) in [6, 6.07) is 8.75. The highest BCUT2D eigenvalue weighted by Gasteiger charge is 2.15. The van der Waals surface area contributed by atoms with Crippen molar-refractivity contribution in [3.63, 3.8) is 0 Å². The summed E-state index contributed by atoms with van der Waals surface area (Å²) in [5.41, 5.74) is 1.11. The fourth-order valence-electron chi connectivity index (χ4n) is 1.91. The van der Waals surface area contributed by atoms with Crippen LogP contribution in [-0.2, 0) is 0 Å². The number of nitrogens with one attached hydrogen (secondary N) is 1. The van der Waals surface area contributed by atoms with Crippen LogP contribution in [0.2, 0.25) is 0 Å². The summed E-state index contributed by atoms with van der Waals surface area (Å²) in [6.07, 6.45) is 0. The summed E-state index contributed by atoms with van der Waals surface area (Å²) in [5, 5.41) is 12.5. The molecule has 0 aliphatic rings. The Morgan fingerprint density at radius 2 is 2.10 bits per heavy atom. The molecule has 0 saturated heterocycles. The van der Waals surface area contributed by atoms with E-state index < -0.39 is 11.7 Å². The summed E-state index contributed by atoms with van der Waals surface area (Å²) in [4.78, 5) is 12.2. The minimum atomic E-state index is -0.483. The third kappa shape index (κ3) is 3.31. The van der Waals surface area contributed by atoms with Crippen molar-refractivity contribution < 1.29 is 19.0 Å². The number of anilines is 1. The monoisotopic (exact) mass is 289 g/mol. The Hall–Kier alpha value is -2.56. The lowest BCUT2D eigenvalue weighted by molar-refractivity contribution is 0.102. The molecule has 0 unspecified atom stereocenters. The standard InChI is InChI=1S/C16H16FNO3/c1-3-21-14-9-11(17)7-8-13(14)18-16(20)12-6-4-5-10(2)15(12)19/h4-9,19H,3H2,1-2H3,(H,18,20). The maximum Gasteiger partial charge on any atom is 0.259 e. The van der Waals surface area contributed by atoms with Gasteiger partial charge >= 0.3 is 0 Å². The molecule has 0 bridgehead atoms. The first-order valence-electron chi connectivity index (χ1n) is 6.55. The van der Waals surface area contributed by atoms with Gasteiger partial charge in [0.1, 0.15) is 17.3 Å². The summed E-state index contributed by atoms with van der Waals surface area (Å²) >= 11 is 0. The highest BCUT2D eigenvalue weighted by Crippen LogP contribution is 2.28. The van der Waals surface area contributed by atoms with E-state index in [1.54, 1.807) is 26.0 Å². The van der Waals surface area contributed by atoms with Gasteiger partial charge in [0.15, 0.2) is 0 Å². The van der Waals surface area contributed by atoms with Crippen LogP contribution in [0, 0.1) is 12.7 Å². The summed E-state index contributed by atoms with van der Waals surface area (Å²) < 4.78 is 18.5. The van der Waals surface area contributed by atoms with Gasteiger partial charge in [-0.25, -0.2) is 4.39 Å². The van der Waals surface area contributed by atoms with Crippen molar-refractivity contribution in [3.8, 4) is 11.5 Å². The molecule has 1 amide bonds. The second kappa shape index (κ2) is 6.26. The van der Waals surface area contributed by atoms with E-state index in [2.05, 4.69) is 5.32 Å². The molecule has 2 aromatic carbocycles. The van der Waals surface area contributed by atoms with Crippen LogP contribution in [0.1, 0.15) is 22.8 Å². The maximum atomic E-state index is 13.2. The molecule has 0 spiro atoms. The number of hydrogen-bond acceptors (Lipinski definition) is 3. The normalized spacial score (nSPS) is 10.2. The Balaban J connectivity index is 2.29. The van der Waals surface area contributed by atoms with Gasteiger partial charge in [-0.2, -0.15) is 0 Å². The molecule has 5 heteroatoms. The van der Waals surface area contributed by atoms with E-state index in [9.17, 15) is 14.3 Å². The Morgan fingerprint density at radius 1 is 1.33 bits per heavy atom. The number of para-hydroxylation sites is 1. The number of amides is 1. The van der Waals surface area contributed by atoms with Crippen LogP contribution >= 0.6 is 0 Å². The van der Waals surface area contributed by atoms with Crippen LogP contribution in [0.15, 0.2) is 36.4 Å². The molecule has 0 aliphatic carbocycles. The highest BCUT2D eigenvalue weighted by molar-refractivity contribution is 6.07. The van der Waals surface area contributed by atoms with E-state index in [0.717, 1.165) is 0 Å². The zero-order valence-electron chi connectivity index (χ0n) is 11.8. The molecule has 0 aromatic heterocycles. The quantitative estimate of drug-likeness (QED) is 0.905. The SMILES string of the molecule is CCOc1cc(F)ccc1NC(=O)c1cccc(C)c1O. The lowest BCUT2D eigenvalue weighted by atomic mass is 10.1. The first-order chi connectivity index (χ1) is 10.0. The largest absolute Gasteiger partial charge is 0.507 e. The van der Waals surface area contributed by atoms with Crippen LogP contribution in [0.4, 0.5) is 10.1 Å². The Morgan fingerprint density at radius 3 is 2.81 bits per heavy atom. The van der Waals surface area contributed by atoms with Crippen molar-refractivity contribution in [2.45, 2.75) is 13.8 Å². The van der Waals surface area contributed by atoms with Gasteiger partial charge in [0.2, 0.25) is 0 Å². The van der Waals surface area contributed by atoms with E-state index in [1.807, 2.05) is 0 Å². The predicted octanol–water partition coefficient (Wildman–Crippen LogP) is 3.49. The van der Waals surface area contributed by atoms with Crippen LogP contribution in [0.5, 0.6) is 11.5 Å². The molecule has 0 fully saturated rings. The van der Waals surface area contributed by atoms with Gasteiger partial charge in [-0.3, -0.25) is 4.79 Å². The Labute approximate surface area is 122 Å². The molecule has 4 nitrogen and oxygen atoms in total. The van der Waals surface area contributed by atoms with Gasteiger partial charge in [0, 0.05) is 6.07 Å². The molecule has 0 heterocycles. The smallest absolute Gasteiger partial charge is 0.259 e. The third-order valence-corrected chi connectivity index (χ3v) is 2.97. The van der Waals surface area contributed by atoms with E-state index in [-0.39, 0.29) is 17.1 Å². The van der Waals surface area contributed by atoms with Crippen molar-refractivity contribution >= 4 is 11.6 Å². The first kappa shape index (κ1) is 14.8. The van der Waals surface area contributed by atoms with E-state index in [4.69, 9.17) is 4.74 Å². The van der Waals surface area contributed by atoms with Crippen molar-refractivity contribution in [2.75, 3.05) is 11.9 Å². The molecule has 0 atom stereocenters. The van der Waals surface area contributed by atoms with Gasteiger partial charge < -0.3 is 15.2 Å². The average molecular weight is 289 g/mol. The minimum Gasteiger partial charge on any atom is -0.507 e. The molecule has 0 aliphatic heterocycles. The number of ether oxygens (including phenoxy) is 1. The van der Waals surface area contributed by atoms with Crippen molar-refractivity contribution in [3.05, 3.63) is 53.3 Å². The Kier molecular flexibility index (Phi) is 4.42. The van der Waals surface area contributed by atoms with Gasteiger partial charge in [-0.1, -0.05) is 12.1 Å². The lowest BCUT2D eigenvalue weighted by Crippen LogP contribution is -2.13. The molecule has 110 valence electrons. The van der Waals surface area contributed by atoms with E-state index >= 15 is 0 Å². The second-order valence-electron chi connectivity index (χ2n) is 4.50. The molecular formula is C16H16FNO3. The topological polar surface area (TPSA) is 58.6 Å². The number of phenols is 1. The molecule has 2 aromatic rings. The number of carbonyl (C=O) groups is 1. The average Bonchev–Trinajstić information content (AvgIpc) is 2.45. The van der Waals surface area contributed by atoms with Crippen LogP contribution < -0.4 is 10.1 Å². The number of hydrogen-bond donors (Lipinski definition) is 2. The van der Waals surface area contributed by atoms with Crippen LogP contribution in [0.3, 0.4) is 0 Å². The van der Waals surface area contributed by atoms with Crippen molar-refractivity contribution in [1.82, 2.24) is 0 Å². The van der Waals surface area contributed by atoms with Gasteiger partial charge in [-0.05, 0) is 37.6 Å². The van der Waals surface area contributed by atoms with Gasteiger partial charge in [0.25, 0.3) is 5.91 Å². The van der Waals surface area contributed by atoms with Crippen LogP contribution in [-0.4, -0.2) is 17.6 Å². The summed E-state index contributed by atoms with van der Waals surface area (Å²) in [7, 11) is 0. The fourth-order valence-corrected chi connectivity index (χ4v) is 1.91. The number of aryl methyl sites for hydroxylation is 1. The zero-order valence-corrected chi connectivity index (χ0v) is 11.8. The molecule has 0 saturated carbocycles. The Bertz CT molecular complexity index is 671. The van der Waals surface area contributed by atoms with Crippen molar-refractivity contribution in [1.29, 1.82) is 0 Å². The third-order valence-electron chi connectivity index (χ3n) is 2.97. The minimum absolute atomic E-state index is 0.0740. The zero-order chi connectivity index (χ0) is 15.4. The van der Waals surface area contributed by atoms with Gasteiger partial charge in [0.05, 0.1) is 17.9 Å². The second-order valence-corrected chi connectivity index (χ2v) is 4.50. The summed E-state index contributed by atoms with van der Waals surface area (Å²) in [5.74, 6) is -0.758. The lowest BCUT2D eigenvalue weighted by Gasteiger charge is -2.12. The molecule has 0 radical (unpaired) electrons. The van der Waals surface area contributed by atoms with Crippen molar-refractivity contribution in [2.24, 2.45) is 0 Å². The van der Waals surface area contributed by atoms with Crippen LogP contribution in [0.25, 0.3) is 0 Å². The molecule has 21 heavy (non-hydrogen) atoms. The number of phenolic OH excluding ortho intramolecular Hbond substituents is 1. The van der Waals surface area contributed by atoms with E-state index in [1.165, 1.54) is 24.3 Å². The number of benzene rings is 2. The number of rotatable bonds is 4. The highest BCUT2D eigenvalue weighted by atomic mass is 19.1. The summed E-state index contributed by atoms with van der Waals surface area (Å²) in [6.45, 7) is 3.82. The molecule has 2 rings (SSSR count). The number of halogens is 1. The maximum absolute atomic E-state index is 13.2.